The van der Waals surface area contributed by atoms with E-state index in [0.717, 1.165) is 58.1 Å². The Morgan fingerprint density at radius 3 is 2.50 bits per heavy atom. The Balaban J connectivity index is 1.43. The molecule has 2 heterocycles. The maximum absolute atomic E-state index is 5.69. The van der Waals surface area contributed by atoms with Crippen molar-refractivity contribution in [3.63, 3.8) is 0 Å². The molecule has 4 rings (SSSR count). The van der Waals surface area contributed by atoms with Crippen LogP contribution < -0.4 is 10.6 Å². The zero-order valence-corrected chi connectivity index (χ0v) is 18.2. The number of benzene rings is 2. The van der Waals surface area contributed by atoms with E-state index in [-0.39, 0.29) is 11.6 Å². The lowest BCUT2D eigenvalue weighted by Crippen LogP contribution is -2.58. The van der Waals surface area contributed by atoms with Crippen molar-refractivity contribution in [3.8, 4) is 0 Å². The van der Waals surface area contributed by atoms with Crippen LogP contribution >= 0.6 is 0 Å². The zero-order valence-electron chi connectivity index (χ0n) is 18.2. The number of hydrogen-bond donors (Lipinski definition) is 2. The number of guanidine groups is 1. The van der Waals surface area contributed by atoms with Gasteiger partial charge in [0, 0.05) is 51.5 Å². The Hall–Kier alpha value is -2.37. The molecule has 1 unspecified atom stereocenters. The molecule has 0 aliphatic carbocycles. The SMILES string of the molecule is CN=C(NCC1(NC(C)c2ccccc2)CCOCC1)N1CCc2ccccc2C1. The maximum atomic E-state index is 5.69. The molecule has 5 nitrogen and oxygen atoms in total. The lowest BCUT2D eigenvalue weighted by atomic mass is 9.88. The summed E-state index contributed by atoms with van der Waals surface area (Å²) in [6.45, 7) is 6.61. The number of ether oxygens (including phenoxy) is 1. The molecule has 0 bridgehead atoms. The van der Waals surface area contributed by atoms with Crippen molar-refractivity contribution < 1.29 is 4.74 Å². The Bertz CT molecular complexity index is 845. The molecule has 0 aromatic heterocycles. The first-order valence-electron chi connectivity index (χ1n) is 11.1. The molecule has 2 aromatic rings. The van der Waals surface area contributed by atoms with Gasteiger partial charge in [-0.25, -0.2) is 0 Å². The highest BCUT2D eigenvalue weighted by atomic mass is 16.5. The summed E-state index contributed by atoms with van der Waals surface area (Å²) in [7, 11) is 1.89. The Morgan fingerprint density at radius 2 is 1.77 bits per heavy atom. The minimum Gasteiger partial charge on any atom is -0.381 e. The fourth-order valence-electron chi connectivity index (χ4n) is 4.68. The number of nitrogens with zero attached hydrogens (tertiary/aromatic N) is 2. The minimum absolute atomic E-state index is 0.00284. The first-order valence-corrected chi connectivity index (χ1v) is 11.1. The van der Waals surface area contributed by atoms with Gasteiger partial charge in [-0.1, -0.05) is 54.6 Å². The molecule has 1 atom stereocenters. The normalized spacial score (nSPS) is 19.8. The highest BCUT2D eigenvalue weighted by Crippen LogP contribution is 2.25. The fraction of sp³-hybridized carbons (Fsp3) is 0.480. The second-order valence-corrected chi connectivity index (χ2v) is 8.51. The van der Waals surface area contributed by atoms with Gasteiger partial charge in [-0.05, 0) is 42.9 Å². The predicted molar refractivity (Wildman–Crippen MR) is 123 cm³/mol. The third kappa shape index (κ3) is 4.85. The lowest BCUT2D eigenvalue weighted by Gasteiger charge is -2.42. The monoisotopic (exact) mass is 406 g/mol. The molecule has 30 heavy (non-hydrogen) atoms. The zero-order chi connectivity index (χ0) is 20.8. The summed E-state index contributed by atoms with van der Waals surface area (Å²) in [6.07, 6.45) is 3.06. The smallest absolute Gasteiger partial charge is 0.194 e. The molecule has 0 amide bonds. The van der Waals surface area contributed by atoms with Crippen LogP contribution in [0.3, 0.4) is 0 Å². The Labute approximate surface area is 180 Å². The highest BCUT2D eigenvalue weighted by Gasteiger charge is 2.34. The van der Waals surface area contributed by atoms with Gasteiger partial charge in [-0.15, -0.1) is 0 Å². The van der Waals surface area contributed by atoms with E-state index >= 15 is 0 Å². The van der Waals surface area contributed by atoms with Gasteiger partial charge < -0.3 is 20.3 Å². The molecule has 2 aromatic carbocycles. The Morgan fingerprint density at radius 1 is 1.07 bits per heavy atom. The van der Waals surface area contributed by atoms with Crippen molar-refractivity contribution in [2.45, 2.75) is 44.3 Å². The van der Waals surface area contributed by atoms with E-state index in [1.807, 2.05) is 7.05 Å². The number of nitrogens with one attached hydrogen (secondary N) is 2. The summed E-state index contributed by atoms with van der Waals surface area (Å²) in [5, 5.41) is 7.63. The second kappa shape index (κ2) is 9.63. The van der Waals surface area contributed by atoms with Gasteiger partial charge in [0.15, 0.2) is 5.96 Å². The summed E-state index contributed by atoms with van der Waals surface area (Å²) in [5.74, 6) is 0.990. The van der Waals surface area contributed by atoms with E-state index in [1.54, 1.807) is 0 Å². The van der Waals surface area contributed by atoms with Gasteiger partial charge in [-0.3, -0.25) is 4.99 Å². The summed E-state index contributed by atoms with van der Waals surface area (Å²) < 4.78 is 5.69. The molecular formula is C25H34N4O. The van der Waals surface area contributed by atoms with Crippen molar-refractivity contribution in [2.75, 3.05) is 33.4 Å². The average molecular weight is 407 g/mol. The maximum Gasteiger partial charge on any atom is 0.194 e. The number of aliphatic imine (C=N–C) groups is 1. The standard InChI is InChI=1S/C25H34N4O/c1-20(21-8-4-3-5-9-21)28-25(13-16-30-17-14-25)19-27-24(26-2)29-15-12-22-10-6-7-11-23(22)18-29/h3-11,20,28H,12-19H2,1-2H3,(H,26,27). The van der Waals surface area contributed by atoms with E-state index in [1.165, 1.54) is 16.7 Å². The highest BCUT2D eigenvalue weighted by molar-refractivity contribution is 5.80. The van der Waals surface area contributed by atoms with Crippen LogP contribution in [0.15, 0.2) is 59.6 Å². The molecule has 2 aliphatic rings. The quantitative estimate of drug-likeness (QED) is 0.589. The van der Waals surface area contributed by atoms with E-state index in [2.05, 4.69) is 82.0 Å². The number of hydrogen-bond acceptors (Lipinski definition) is 3. The van der Waals surface area contributed by atoms with E-state index < -0.39 is 0 Å². The first kappa shape index (κ1) is 20.9. The predicted octanol–water partition coefficient (Wildman–Crippen LogP) is 3.52. The average Bonchev–Trinajstić information content (AvgIpc) is 2.80. The summed E-state index contributed by atoms with van der Waals surface area (Å²) in [6, 6.07) is 19.7. The Kier molecular flexibility index (Phi) is 6.70. The molecule has 0 saturated carbocycles. The third-order valence-electron chi connectivity index (χ3n) is 6.50. The van der Waals surface area contributed by atoms with Crippen LogP contribution in [-0.2, 0) is 17.7 Å². The van der Waals surface area contributed by atoms with Crippen LogP contribution in [0.5, 0.6) is 0 Å². The second-order valence-electron chi connectivity index (χ2n) is 8.51. The largest absolute Gasteiger partial charge is 0.381 e. The van der Waals surface area contributed by atoms with Gasteiger partial charge in [0.2, 0.25) is 0 Å². The van der Waals surface area contributed by atoms with E-state index in [4.69, 9.17) is 4.74 Å². The van der Waals surface area contributed by atoms with Gasteiger partial charge in [0.05, 0.1) is 0 Å². The molecule has 1 saturated heterocycles. The molecular weight excluding hydrogens is 372 g/mol. The van der Waals surface area contributed by atoms with Crippen LogP contribution in [0.2, 0.25) is 0 Å². The minimum atomic E-state index is -0.00284. The molecule has 2 aliphatic heterocycles. The summed E-state index contributed by atoms with van der Waals surface area (Å²) >= 11 is 0. The lowest BCUT2D eigenvalue weighted by molar-refractivity contribution is 0.0352. The van der Waals surface area contributed by atoms with Crippen LogP contribution in [0.1, 0.15) is 42.5 Å². The molecule has 0 radical (unpaired) electrons. The molecule has 2 N–H and O–H groups in total. The molecule has 5 heteroatoms. The van der Waals surface area contributed by atoms with E-state index in [0.29, 0.717) is 0 Å². The van der Waals surface area contributed by atoms with Crippen LogP contribution in [0.25, 0.3) is 0 Å². The van der Waals surface area contributed by atoms with Crippen molar-refractivity contribution in [2.24, 2.45) is 4.99 Å². The van der Waals surface area contributed by atoms with Crippen molar-refractivity contribution in [3.05, 3.63) is 71.3 Å². The van der Waals surface area contributed by atoms with Crippen LogP contribution in [0.4, 0.5) is 0 Å². The summed E-state index contributed by atoms with van der Waals surface area (Å²) in [4.78, 5) is 6.98. The topological polar surface area (TPSA) is 48.9 Å². The van der Waals surface area contributed by atoms with Gasteiger partial charge >= 0.3 is 0 Å². The molecule has 0 spiro atoms. The van der Waals surface area contributed by atoms with Gasteiger partial charge in [0.25, 0.3) is 0 Å². The van der Waals surface area contributed by atoms with Crippen molar-refractivity contribution in [1.29, 1.82) is 0 Å². The third-order valence-corrected chi connectivity index (χ3v) is 6.50. The first-order chi connectivity index (χ1) is 14.7. The van der Waals surface area contributed by atoms with Crippen LogP contribution in [-0.4, -0.2) is 49.7 Å². The van der Waals surface area contributed by atoms with Crippen LogP contribution in [0, 0.1) is 0 Å². The fourth-order valence-corrected chi connectivity index (χ4v) is 4.68. The number of fused-ring (bicyclic) bond motifs is 1. The van der Waals surface area contributed by atoms with Crippen molar-refractivity contribution >= 4 is 5.96 Å². The van der Waals surface area contributed by atoms with Gasteiger partial charge in [-0.2, -0.15) is 0 Å². The summed E-state index contributed by atoms with van der Waals surface area (Å²) in [5.41, 5.74) is 4.18. The van der Waals surface area contributed by atoms with E-state index in [9.17, 15) is 0 Å². The van der Waals surface area contributed by atoms with Gasteiger partial charge in [0.1, 0.15) is 0 Å². The van der Waals surface area contributed by atoms with Crippen molar-refractivity contribution in [1.82, 2.24) is 15.5 Å². The number of rotatable bonds is 5. The molecule has 1 fully saturated rings. The molecule has 160 valence electrons.